The van der Waals surface area contributed by atoms with Crippen LogP contribution in [0.2, 0.25) is 0 Å². The van der Waals surface area contributed by atoms with E-state index in [4.69, 9.17) is 0 Å². The molecule has 0 unspecified atom stereocenters. The van der Waals surface area contributed by atoms with Crippen molar-refractivity contribution in [3.8, 4) is 0 Å². The van der Waals surface area contributed by atoms with E-state index in [2.05, 4.69) is 10.6 Å². The van der Waals surface area contributed by atoms with Crippen molar-refractivity contribution in [1.82, 2.24) is 0 Å². The van der Waals surface area contributed by atoms with Gasteiger partial charge >= 0.3 is 0 Å². The SMILES string of the molecule is CSc1ccc(NC(=O)[C@H](C)SCC(=O)Nc2ccc(C)cc2)cc1. The van der Waals surface area contributed by atoms with Crippen molar-refractivity contribution >= 4 is 46.7 Å². The fourth-order valence-electron chi connectivity index (χ4n) is 2.03. The molecule has 0 aliphatic carbocycles. The quantitative estimate of drug-likeness (QED) is 0.705. The van der Waals surface area contributed by atoms with Gasteiger partial charge in [0.15, 0.2) is 0 Å². The van der Waals surface area contributed by atoms with Crippen LogP contribution in [0.4, 0.5) is 11.4 Å². The molecule has 2 N–H and O–H groups in total. The number of benzene rings is 2. The number of thioether (sulfide) groups is 2. The minimum absolute atomic E-state index is 0.106. The Bertz CT molecular complexity index is 715. The van der Waals surface area contributed by atoms with E-state index in [0.717, 1.165) is 21.8 Å². The average Bonchev–Trinajstić information content (AvgIpc) is 2.62. The number of anilines is 2. The van der Waals surface area contributed by atoms with Crippen LogP contribution in [0.5, 0.6) is 0 Å². The van der Waals surface area contributed by atoms with E-state index in [1.807, 2.05) is 61.7 Å². The molecular formula is C19H22N2O2S2. The molecule has 0 spiro atoms. The molecule has 1 atom stereocenters. The third-order valence-electron chi connectivity index (χ3n) is 3.53. The molecule has 4 nitrogen and oxygen atoms in total. The number of carbonyl (C=O) groups is 2. The topological polar surface area (TPSA) is 58.2 Å². The molecule has 0 radical (unpaired) electrons. The lowest BCUT2D eigenvalue weighted by molar-refractivity contribution is -0.115. The lowest BCUT2D eigenvalue weighted by Gasteiger charge is -2.12. The largest absolute Gasteiger partial charge is 0.325 e. The van der Waals surface area contributed by atoms with E-state index < -0.39 is 0 Å². The zero-order valence-corrected chi connectivity index (χ0v) is 16.2. The minimum atomic E-state index is -0.316. The Morgan fingerprint density at radius 3 is 2.12 bits per heavy atom. The highest BCUT2D eigenvalue weighted by molar-refractivity contribution is 8.01. The Hall–Kier alpha value is -1.92. The standard InChI is InChI=1S/C19H22N2O2S2/c1-13-4-6-15(7-5-13)20-18(22)12-25-14(2)19(23)21-16-8-10-17(24-3)11-9-16/h4-11,14H,12H2,1-3H3,(H,20,22)(H,21,23)/t14-/m0/s1. The average molecular weight is 375 g/mol. The smallest absolute Gasteiger partial charge is 0.237 e. The number of amides is 2. The molecule has 0 aliphatic heterocycles. The first-order valence-corrected chi connectivity index (χ1v) is 10.2. The molecule has 2 amide bonds. The normalized spacial score (nSPS) is 11.6. The van der Waals surface area contributed by atoms with Gasteiger partial charge in [0, 0.05) is 16.3 Å². The van der Waals surface area contributed by atoms with Gasteiger partial charge in [-0.25, -0.2) is 0 Å². The van der Waals surface area contributed by atoms with Crippen molar-refractivity contribution in [3.63, 3.8) is 0 Å². The summed E-state index contributed by atoms with van der Waals surface area (Å²) in [4.78, 5) is 25.3. The summed E-state index contributed by atoms with van der Waals surface area (Å²) in [5.41, 5.74) is 2.67. The zero-order valence-electron chi connectivity index (χ0n) is 14.5. The fraction of sp³-hybridized carbons (Fsp3) is 0.263. The number of nitrogens with one attached hydrogen (secondary N) is 2. The molecular weight excluding hydrogens is 352 g/mol. The van der Waals surface area contributed by atoms with Gasteiger partial charge in [-0.05, 0) is 56.5 Å². The van der Waals surface area contributed by atoms with Crippen LogP contribution in [0.3, 0.4) is 0 Å². The molecule has 132 valence electrons. The Morgan fingerprint density at radius 1 is 0.960 bits per heavy atom. The molecule has 0 heterocycles. The second-order valence-corrected chi connectivity index (χ2v) is 7.79. The van der Waals surface area contributed by atoms with Gasteiger partial charge in [-0.3, -0.25) is 9.59 Å². The summed E-state index contributed by atoms with van der Waals surface area (Å²) in [7, 11) is 0. The van der Waals surface area contributed by atoms with Crippen LogP contribution in [0.1, 0.15) is 12.5 Å². The maximum Gasteiger partial charge on any atom is 0.237 e. The zero-order chi connectivity index (χ0) is 18.2. The van der Waals surface area contributed by atoms with Gasteiger partial charge in [0.2, 0.25) is 11.8 Å². The Morgan fingerprint density at radius 2 is 1.52 bits per heavy atom. The fourth-order valence-corrected chi connectivity index (χ4v) is 3.12. The van der Waals surface area contributed by atoms with Crippen LogP contribution in [0.15, 0.2) is 53.4 Å². The summed E-state index contributed by atoms with van der Waals surface area (Å²) in [6.45, 7) is 3.80. The van der Waals surface area contributed by atoms with Crippen molar-refractivity contribution in [2.75, 3.05) is 22.6 Å². The van der Waals surface area contributed by atoms with Crippen LogP contribution in [0, 0.1) is 6.92 Å². The third-order valence-corrected chi connectivity index (χ3v) is 5.41. The number of carbonyl (C=O) groups excluding carboxylic acids is 2. The summed E-state index contributed by atoms with van der Waals surface area (Å²) in [5, 5.41) is 5.39. The number of hydrogen-bond acceptors (Lipinski definition) is 4. The first-order chi connectivity index (χ1) is 12.0. The highest BCUT2D eigenvalue weighted by atomic mass is 32.2. The Balaban J connectivity index is 1.77. The second-order valence-electron chi connectivity index (χ2n) is 5.59. The molecule has 0 bridgehead atoms. The third kappa shape index (κ3) is 6.48. The van der Waals surface area contributed by atoms with E-state index in [-0.39, 0.29) is 22.8 Å². The summed E-state index contributed by atoms with van der Waals surface area (Å²) in [5.74, 6) is 0.0105. The predicted octanol–water partition coefficient (Wildman–Crippen LogP) is 4.42. The summed E-state index contributed by atoms with van der Waals surface area (Å²) >= 11 is 2.97. The lowest BCUT2D eigenvalue weighted by Crippen LogP contribution is -2.25. The van der Waals surface area contributed by atoms with E-state index in [1.165, 1.54) is 11.8 Å². The molecule has 0 fully saturated rings. The monoisotopic (exact) mass is 374 g/mol. The number of aryl methyl sites for hydroxylation is 1. The molecule has 6 heteroatoms. The highest BCUT2D eigenvalue weighted by Crippen LogP contribution is 2.19. The molecule has 0 saturated carbocycles. The Labute approximate surface area is 157 Å². The first kappa shape index (κ1) is 19.4. The molecule has 2 aromatic rings. The molecule has 2 aromatic carbocycles. The van der Waals surface area contributed by atoms with Crippen molar-refractivity contribution in [2.45, 2.75) is 24.0 Å². The van der Waals surface area contributed by atoms with Crippen LogP contribution in [-0.2, 0) is 9.59 Å². The molecule has 0 aromatic heterocycles. The molecule has 25 heavy (non-hydrogen) atoms. The van der Waals surface area contributed by atoms with Crippen molar-refractivity contribution in [2.24, 2.45) is 0 Å². The van der Waals surface area contributed by atoms with Gasteiger partial charge in [-0.15, -0.1) is 23.5 Å². The highest BCUT2D eigenvalue weighted by Gasteiger charge is 2.15. The summed E-state index contributed by atoms with van der Waals surface area (Å²) in [6.07, 6.45) is 2.01. The van der Waals surface area contributed by atoms with Crippen LogP contribution >= 0.6 is 23.5 Å². The first-order valence-electron chi connectivity index (χ1n) is 7.91. The van der Waals surface area contributed by atoms with E-state index in [0.29, 0.717) is 0 Å². The molecule has 0 saturated heterocycles. The van der Waals surface area contributed by atoms with E-state index in [9.17, 15) is 9.59 Å². The van der Waals surface area contributed by atoms with Crippen LogP contribution in [0.25, 0.3) is 0 Å². The van der Waals surface area contributed by atoms with Crippen molar-refractivity contribution in [1.29, 1.82) is 0 Å². The van der Waals surface area contributed by atoms with E-state index >= 15 is 0 Å². The maximum atomic E-state index is 12.2. The van der Waals surface area contributed by atoms with Crippen molar-refractivity contribution in [3.05, 3.63) is 54.1 Å². The lowest BCUT2D eigenvalue weighted by atomic mass is 10.2. The van der Waals surface area contributed by atoms with Gasteiger partial charge in [0.05, 0.1) is 11.0 Å². The maximum absolute atomic E-state index is 12.2. The van der Waals surface area contributed by atoms with E-state index in [1.54, 1.807) is 18.7 Å². The van der Waals surface area contributed by atoms with Crippen molar-refractivity contribution < 1.29 is 9.59 Å². The predicted molar refractivity (Wildman–Crippen MR) is 109 cm³/mol. The number of hydrogen-bond donors (Lipinski definition) is 2. The summed E-state index contributed by atoms with van der Waals surface area (Å²) < 4.78 is 0. The minimum Gasteiger partial charge on any atom is -0.325 e. The number of rotatable bonds is 7. The van der Waals surface area contributed by atoms with Gasteiger partial charge < -0.3 is 10.6 Å². The van der Waals surface area contributed by atoms with Crippen LogP contribution < -0.4 is 10.6 Å². The van der Waals surface area contributed by atoms with Gasteiger partial charge in [0.25, 0.3) is 0 Å². The molecule has 2 rings (SSSR count). The van der Waals surface area contributed by atoms with Gasteiger partial charge in [0.1, 0.15) is 0 Å². The van der Waals surface area contributed by atoms with Gasteiger partial charge in [-0.2, -0.15) is 0 Å². The summed E-state index contributed by atoms with van der Waals surface area (Å²) in [6, 6.07) is 15.3. The van der Waals surface area contributed by atoms with Gasteiger partial charge in [-0.1, -0.05) is 17.7 Å². The van der Waals surface area contributed by atoms with Crippen LogP contribution in [-0.4, -0.2) is 29.1 Å². The second kappa shape index (κ2) is 9.53. The Kier molecular flexibility index (Phi) is 7.40. The molecule has 0 aliphatic rings.